The van der Waals surface area contributed by atoms with E-state index in [9.17, 15) is 14.9 Å². The Hall–Kier alpha value is -2.67. The van der Waals surface area contributed by atoms with Gasteiger partial charge in [0.05, 0.1) is 21.7 Å². The van der Waals surface area contributed by atoms with Crippen LogP contribution in [0.2, 0.25) is 5.02 Å². The fourth-order valence-corrected chi connectivity index (χ4v) is 1.83. The first kappa shape index (κ1) is 14.7. The summed E-state index contributed by atoms with van der Waals surface area (Å²) in [4.78, 5) is 24.9. The highest BCUT2D eigenvalue weighted by Gasteiger charge is 2.19. The molecule has 1 heterocycles. The smallest absolute Gasteiger partial charge is 0.335 e. The van der Waals surface area contributed by atoms with E-state index in [0.29, 0.717) is 5.56 Å². The molecule has 0 aliphatic carbocycles. The van der Waals surface area contributed by atoms with Crippen molar-refractivity contribution in [1.29, 1.82) is 0 Å². The lowest BCUT2D eigenvalue weighted by atomic mass is 10.1. The van der Waals surface area contributed by atoms with Crippen LogP contribution in [-0.2, 0) is 0 Å². The highest BCUT2D eigenvalue weighted by molar-refractivity contribution is 6.30. The van der Waals surface area contributed by atoms with Crippen molar-refractivity contribution < 1.29 is 19.6 Å². The van der Waals surface area contributed by atoms with Gasteiger partial charge in [-0.3, -0.25) is 10.1 Å². The van der Waals surface area contributed by atoms with E-state index in [-0.39, 0.29) is 27.9 Å². The summed E-state index contributed by atoms with van der Waals surface area (Å²) in [6, 6.07) is 5.34. The van der Waals surface area contributed by atoms with E-state index in [4.69, 9.17) is 21.4 Å². The molecule has 0 saturated heterocycles. The maximum atomic E-state index is 10.9. The van der Waals surface area contributed by atoms with Gasteiger partial charge in [-0.25, -0.2) is 9.78 Å². The summed E-state index contributed by atoms with van der Waals surface area (Å²) in [5, 5.41) is 20.0. The average molecular weight is 309 g/mol. The van der Waals surface area contributed by atoms with Crippen molar-refractivity contribution in [3.8, 4) is 11.6 Å². The molecule has 0 fully saturated rings. The van der Waals surface area contributed by atoms with Gasteiger partial charge in [-0.15, -0.1) is 0 Å². The summed E-state index contributed by atoms with van der Waals surface area (Å²) in [5.74, 6) is -1.03. The van der Waals surface area contributed by atoms with Gasteiger partial charge >= 0.3 is 11.7 Å². The molecule has 1 aromatic heterocycles. The number of nitro groups is 1. The van der Waals surface area contributed by atoms with Gasteiger partial charge in [0.2, 0.25) is 0 Å². The molecule has 1 N–H and O–H groups in total. The molecule has 0 atom stereocenters. The number of pyridine rings is 1. The van der Waals surface area contributed by atoms with Crippen molar-refractivity contribution in [3.63, 3.8) is 0 Å². The summed E-state index contributed by atoms with van der Waals surface area (Å²) in [6.45, 7) is 1.60. The van der Waals surface area contributed by atoms with Crippen LogP contribution < -0.4 is 4.74 Å². The Morgan fingerprint density at radius 2 is 2.14 bits per heavy atom. The summed E-state index contributed by atoms with van der Waals surface area (Å²) < 4.78 is 5.34. The molecule has 0 aliphatic rings. The predicted octanol–water partition coefficient (Wildman–Crippen LogP) is 3.44. The van der Waals surface area contributed by atoms with Crippen molar-refractivity contribution in [1.82, 2.24) is 4.98 Å². The minimum absolute atomic E-state index is 0.117. The number of rotatable bonds is 4. The largest absolute Gasteiger partial charge is 0.478 e. The normalized spacial score (nSPS) is 10.2. The number of nitrogens with zero attached hydrogens (tertiary/aromatic N) is 2. The van der Waals surface area contributed by atoms with Crippen LogP contribution in [-0.4, -0.2) is 21.0 Å². The molecule has 7 nitrogen and oxygen atoms in total. The fraction of sp³-hybridized carbons (Fsp3) is 0.0769. The zero-order chi connectivity index (χ0) is 15.6. The Labute approximate surface area is 123 Å². The molecule has 21 heavy (non-hydrogen) atoms. The Morgan fingerprint density at radius 3 is 2.71 bits per heavy atom. The number of benzene rings is 1. The molecule has 2 rings (SSSR count). The average Bonchev–Trinajstić information content (AvgIpc) is 2.40. The van der Waals surface area contributed by atoms with E-state index >= 15 is 0 Å². The minimum atomic E-state index is -1.06. The summed E-state index contributed by atoms with van der Waals surface area (Å²) in [6.07, 6.45) is 1.22. The monoisotopic (exact) mass is 308 g/mol. The highest BCUT2D eigenvalue weighted by Crippen LogP contribution is 2.31. The number of carboxylic acids is 1. The molecule has 0 radical (unpaired) electrons. The highest BCUT2D eigenvalue weighted by atomic mass is 35.5. The molecule has 0 spiro atoms. The number of hydrogen-bond acceptors (Lipinski definition) is 5. The second-order valence-electron chi connectivity index (χ2n) is 4.12. The molecule has 0 aliphatic heterocycles. The zero-order valence-electron chi connectivity index (χ0n) is 10.7. The van der Waals surface area contributed by atoms with Gasteiger partial charge in [0.25, 0.3) is 5.88 Å². The van der Waals surface area contributed by atoms with Crippen LogP contribution in [0.4, 0.5) is 5.69 Å². The van der Waals surface area contributed by atoms with Gasteiger partial charge in [0, 0.05) is 6.07 Å². The zero-order valence-corrected chi connectivity index (χ0v) is 11.5. The van der Waals surface area contributed by atoms with E-state index in [1.54, 1.807) is 6.92 Å². The lowest BCUT2D eigenvalue weighted by Crippen LogP contribution is -2.00. The second kappa shape index (κ2) is 5.76. The first-order valence-corrected chi connectivity index (χ1v) is 6.08. The Balaban J connectivity index is 2.37. The van der Waals surface area contributed by atoms with Gasteiger partial charge < -0.3 is 9.84 Å². The molecule has 108 valence electrons. The predicted molar refractivity (Wildman–Crippen MR) is 74.1 cm³/mol. The van der Waals surface area contributed by atoms with E-state index in [1.807, 2.05) is 0 Å². The third-order valence-electron chi connectivity index (χ3n) is 2.64. The number of carbonyl (C=O) groups is 1. The van der Waals surface area contributed by atoms with Crippen LogP contribution in [0.25, 0.3) is 0 Å². The van der Waals surface area contributed by atoms with Crippen molar-refractivity contribution >= 4 is 23.3 Å². The molecule has 0 saturated carbocycles. The van der Waals surface area contributed by atoms with Crippen LogP contribution in [0.1, 0.15) is 15.9 Å². The van der Waals surface area contributed by atoms with Gasteiger partial charge in [0.1, 0.15) is 5.75 Å². The lowest BCUT2D eigenvalue weighted by Gasteiger charge is -2.07. The lowest BCUT2D eigenvalue weighted by molar-refractivity contribution is -0.386. The molecular weight excluding hydrogens is 300 g/mol. The van der Waals surface area contributed by atoms with Crippen molar-refractivity contribution in [2.24, 2.45) is 0 Å². The van der Waals surface area contributed by atoms with Crippen molar-refractivity contribution in [3.05, 3.63) is 56.7 Å². The maximum absolute atomic E-state index is 10.9. The SMILES string of the molecule is Cc1cc(Oc2ncc(Cl)cc2[N+](=O)[O-])ccc1C(=O)O. The van der Waals surface area contributed by atoms with Gasteiger partial charge in [0.15, 0.2) is 0 Å². The van der Waals surface area contributed by atoms with Crippen molar-refractivity contribution in [2.45, 2.75) is 6.92 Å². The summed E-state index contributed by atoms with van der Waals surface area (Å²) >= 11 is 5.66. The standard InChI is InChI=1S/C13H9ClN2O5/c1-7-4-9(2-3-10(7)13(17)18)21-12-11(16(19)20)5-8(14)6-15-12/h2-6H,1H3,(H,17,18). The molecule has 8 heteroatoms. The van der Waals surface area contributed by atoms with Crippen LogP contribution in [0.15, 0.2) is 30.5 Å². The topological polar surface area (TPSA) is 103 Å². The van der Waals surface area contributed by atoms with Crippen LogP contribution in [0.5, 0.6) is 11.6 Å². The fourth-order valence-electron chi connectivity index (χ4n) is 1.68. The second-order valence-corrected chi connectivity index (χ2v) is 4.56. The third kappa shape index (κ3) is 3.26. The van der Waals surface area contributed by atoms with Crippen LogP contribution >= 0.6 is 11.6 Å². The number of ether oxygens (including phenoxy) is 1. The first-order chi connectivity index (χ1) is 9.88. The Morgan fingerprint density at radius 1 is 1.43 bits per heavy atom. The number of aromatic carboxylic acids is 1. The molecular formula is C13H9ClN2O5. The Kier molecular flexibility index (Phi) is 4.04. The van der Waals surface area contributed by atoms with E-state index in [2.05, 4.69) is 4.98 Å². The summed E-state index contributed by atoms with van der Waals surface area (Å²) in [5.41, 5.74) is 0.222. The van der Waals surface area contributed by atoms with E-state index in [0.717, 1.165) is 6.07 Å². The van der Waals surface area contributed by atoms with Gasteiger partial charge in [-0.2, -0.15) is 0 Å². The van der Waals surface area contributed by atoms with E-state index < -0.39 is 10.9 Å². The van der Waals surface area contributed by atoms with Gasteiger partial charge in [-0.05, 0) is 30.7 Å². The molecule has 2 aromatic rings. The van der Waals surface area contributed by atoms with Crippen LogP contribution in [0, 0.1) is 17.0 Å². The molecule has 1 aromatic carbocycles. The molecule has 0 bridgehead atoms. The van der Waals surface area contributed by atoms with Gasteiger partial charge in [-0.1, -0.05) is 11.6 Å². The molecule has 0 amide bonds. The molecule has 0 unspecified atom stereocenters. The number of aromatic nitrogens is 1. The number of carboxylic acid groups (broad SMARTS) is 1. The first-order valence-electron chi connectivity index (χ1n) is 5.70. The number of halogens is 1. The van der Waals surface area contributed by atoms with Crippen molar-refractivity contribution in [2.75, 3.05) is 0 Å². The minimum Gasteiger partial charge on any atom is -0.478 e. The summed E-state index contributed by atoms with van der Waals surface area (Å²) in [7, 11) is 0. The van der Waals surface area contributed by atoms with E-state index in [1.165, 1.54) is 24.4 Å². The Bertz CT molecular complexity index is 732. The maximum Gasteiger partial charge on any atom is 0.335 e. The number of aryl methyl sites for hydroxylation is 1. The third-order valence-corrected chi connectivity index (χ3v) is 2.85. The quantitative estimate of drug-likeness (QED) is 0.685. The van der Waals surface area contributed by atoms with Crippen LogP contribution in [0.3, 0.4) is 0 Å². The number of hydrogen-bond donors (Lipinski definition) is 1.